The van der Waals surface area contributed by atoms with Crippen molar-refractivity contribution in [3.05, 3.63) is 35.2 Å². The molecular weight excluding hydrogens is 244 g/mol. The third-order valence-corrected chi connectivity index (χ3v) is 3.39. The maximum atomic E-state index is 5.23. The van der Waals surface area contributed by atoms with Gasteiger partial charge in [0.1, 0.15) is 5.75 Å². The lowest BCUT2D eigenvalue weighted by molar-refractivity contribution is 0.415. The van der Waals surface area contributed by atoms with Gasteiger partial charge in [-0.2, -0.15) is 4.37 Å². The Morgan fingerprint density at radius 1 is 1.33 bits per heavy atom. The number of hydrogen-bond acceptors (Lipinski definition) is 4. The average molecular weight is 262 g/mol. The zero-order valence-electron chi connectivity index (χ0n) is 10.9. The van der Waals surface area contributed by atoms with Crippen LogP contribution in [0.25, 0.3) is 11.3 Å². The second-order valence-corrected chi connectivity index (χ2v) is 5.34. The molecule has 0 atom stereocenters. The van der Waals surface area contributed by atoms with Gasteiger partial charge in [-0.25, -0.2) is 0 Å². The summed E-state index contributed by atoms with van der Waals surface area (Å²) in [6.07, 6.45) is 0. The molecule has 2 aromatic rings. The molecule has 3 nitrogen and oxygen atoms in total. The summed E-state index contributed by atoms with van der Waals surface area (Å²) in [5.74, 6) is 0.863. The predicted molar refractivity (Wildman–Crippen MR) is 76.1 cm³/mol. The Bertz CT molecular complexity index is 508. The highest BCUT2D eigenvalue weighted by molar-refractivity contribution is 7.06. The molecule has 0 aliphatic heterocycles. The Morgan fingerprint density at radius 2 is 2.17 bits per heavy atom. The van der Waals surface area contributed by atoms with Crippen molar-refractivity contribution in [3.63, 3.8) is 0 Å². The number of hydrogen-bond donors (Lipinski definition) is 1. The summed E-state index contributed by atoms with van der Waals surface area (Å²) in [5, 5.41) is 3.39. The van der Waals surface area contributed by atoms with Gasteiger partial charge >= 0.3 is 0 Å². The molecule has 1 heterocycles. The van der Waals surface area contributed by atoms with E-state index in [0.29, 0.717) is 6.04 Å². The van der Waals surface area contributed by atoms with Crippen molar-refractivity contribution in [1.82, 2.24) is 9.69 Å². The van der Waals surface area contributed by atoms with Gasteiger partial charge in [0.2, 0.25) is 0 Å². The lowest BCUT2D eigenvalue weighted by Crippen LogP contribution is -2.21. The van der Waals surface area contributed by atoms with Crippen LogP contribution in [0.15, 0.2) is 30.3 Å². The molecule has 1 aromatic heterocycles. The van der Waals surface area contributed by atoms with Crippen LogP contribution in [0.4, 0.5) is 0 Å². The molecule has 0 saturated heterocycles. The molecule has 0 amide bonds. The Balaban J connectivity index is 2.13. The van der Waals surface area contributed by atoms with Gasteiger partial charge in [-0.15, -0.1) is 0 Å². The molecule has 0 aliphatic carbocycles. The van der Waals surface area contributed by atoms with E-state index in [0.717, 1.165) is 23.6 Å². The third-order valence-electron chi connectivity index (χ3n) is 2.61. The number of methoxy groups -OCH3 is 1. The minimum atomic E-state index is 0.493. The average Bonchev–Trinajstić information content (AvgIpc) is 2.85. The molecule has 96 valence electrons. The zero-order valence-corrected chi connectivity index (χ0v) is 11.8. The van der Waals surface area contributed by atoms with Crippen LogP contribution >= 0.6 is 11.5 Å². The first kappa shape index (κ1) is 13.1. The lowest BCUT2D eigenvalue weighted by Gasteiger charge is -2.04. The molecule has 0 spiro atoms. The first-order valence-corrected chi connectivity index (χ1v) is 6.80. The predicted octanol–water partition coefficient (Wildman–Crippen LogP) is 3.32. The second kappa shape index (κ2) is 5.98. The Kier molecular flexibility index (Phi) is 4.33. The Labute approximate surface area is 112 Å². The molecule has 0 saturated carbocycles. The summed E-state index contributed by atoms with van der Waals surface area (Å²) in [6.45, 7) is 5.16. The molecule has 1 aromatic carbocycles. The minimum absolute atomic E-state index is 0.493. The summed E-state index contributed by atoms with van der Waals surface area (Å²) in [6, 6.07) is 10.6. The number of rotatable bonds is 5. The molecule has 2 rings (SSSR count). The van der Waals surface area contributed by atoms with Crippen LogP contribution in [-0.2, 0) is 6.54 Å². The summed E-state index contributed by atoms with van der Waals surface area (Å²) >= 11 is 1.55. The fraction of sp³-hybridized carbons (Fsp3) is 0.357. The molecule has 0 bridgehead atoms. The largest absolute Gasteiger partial charge is 0.497 e. The number of nitrogens with zero attached hydrogens (tertiary/aromatic N) is 1. The quantitative estimate of drug-likeness (QED) is 0.897. The minimum Gasteiger partial charge on any atom is -0.497 e. The van der Waals surface area contributed by atoms with Gasteiger partial charge in [-0.05, 0) is 29.7 Å². The summed E-state index contributed by atoms with van der Waals surface area (Å²) < 4.78 is 9.71. The topological polar surface area (TPSA) is 34.1 Å². The van der Waals surface area contributed by atoms with Crippen LogP contribution < -0.4 is 10.1 Å². The van der Waals surface area contributed by atoms with Crippen LogP contribution in [0.1, 0.15) is 18.7 Å². The van der Waals surface area contributed by atoms with Gasteiger partial charge in [-0.1, -0.05) is 26.0 Å². The highest BCUT2D eigenvalue weighted by Gasteiger charge is 2.06. The second-order valence-electron chi connectivity index (χ2n) is 4.45. The van der Waals surface area contributed by atoms with Gasteiger partial charge in [0, 0.05) is 23.0 Å². The van der Waals surface area contributed by atoms with Crippen LogP contribution in [0.3, 0.4) is 0 Å². The van der Waals surface area contributed by atoms with Crippen molar-refractivity contribution in [2.24, 2.45) is 0 Å². The fourth-order valence-electron chi connectivity index (χ4n) is 1.62. The number of aromatic nitrogens is 1. The van der Waals surface area contributed by atoms with E-state index in [1.807, 2.05) is 18.2 Å². The Hall–Kier alpha value is -1.39. The normalized spacial score (nSPS) is 10.9. The maximum absolute atomic E-state index is 5.23. The van der Waals surface area contributed by atoms with Crippen molar-refractivity contribution < 1.29 is 4.74 Å². The van der Waals surface area contributed by atoms with E-state index in [1.54, 1.807) is 18.6 Å². The highest BCUT2D eigenvalue weighted by Crippen LogP contribution is 2.25. The van der Waals surface area contributed by atoms with Crippen LogP contribution in [-0.4, -0.2) is 17.5 Å². The SMILES string of the molecule is COc1cccc(-c2cc(CNC(C)C)sn2)c1. The summed E-state index contributed by atoms with van der Waals surface area (Å²) in [5.41, 5.74) is 2.11. The summed E-state index contributed by atoms with van der Waals surface area (Å²) in [7, 11) is 1.68. The van der Waals surface area contributed by atoms with Crippen LogP contribution in [0, 0.1) is 0 Å². The standard InChI is InChI=1S/C14H18N2OS/c1-10(2)15-9-13-8-14(16-18-13)11-5-4-6-12(7-11)17-3/h4-8,10,15H,9H2,1-3H3. The molecule has 0 unspecified atom stereocenters. The van der Waals surface area contributed by atoms with Crippen molar-refractivity contribution in [1.29, 1.82) is 0 Å². The van der Waals surface area contributed by atoms with Gasteiger partial charge < -0.3 is 10.1 Å². The van der Waals surface area contributed by atoms with E-state index < -0.39 is 0 Å². The summed E-state index contributed by atoms with van der Waals surface area (Å²) in [4.78, 5) is 1.25. The van der Waals surface area contributed by atoms with E-state index >= 15 is 0 Å². The van der Waals surface area contributed by atoms with Gasteiger partial charge in [0.05, 0.1) is 12.8 Å². The van der Waals surface area contributed by atoms with Crippen LogP contribution in [0.2, 0.25) is 0 Å². The number of nitrogens with one attached hydrogen (secondary N) is 1. The smallest absolute Gasteiger partial charge is 0.119 e. The van der Waals surface area contributed by atoms with Gasteiger partial charge in [0.25, 0.3) is 0 Å². The molecular formula is C14H18N2OS. The zero-order chi connectivity index (χ0) is 13.0. The van der Waals surface area contributed by atoms with E-state index in [-0.39, 0.29) is 0 Å². The van der Waals surface area contributed by atoms with Crippen molar-refractivity contribution in [3.8, 4) is 17.0 Å². The van der Waals surface area contributed by atoms with E-state index in [2.05, 4.69) is 35.7 Å². The van der Waals surface area contributed by atoms with Crippen molar-refractivity contribution in [2.75, 3.05) is 7.11 Å². The number of ether oxygens (including phenoxy) is 1. The Morgan fingerprint density at radius 3 is 2.89 bits per heavy atom. The van der Waals surface area contributed by atoms with E-state index in [1.165, 1.54) is 4.88 Å². The molecule has 4 heteroatoms. The fourth-order valence-corrected chi connectivity index (χ4v) is 2.31. The number of benzene rings is 1. The van der Waals surface area contributed by atoms with Gasteiger partial charge in [-0.3, -0.25) is 0 Å². The first-order valence-electron chi connectivity index (χ1n) is 6.02. The monoisotopic (exact) mass is 262 g/mol. The molecule has 0 radical (unpaired) electrons. The van der Waals surface area contributed by atoms with Crippen molar-refractivity contribution in [2.45, 2.75) is 26.4 Å². The highest BCUT2D eigenvalue weighted by atomic mass is 32.1. The molecule has 1 N–H and O–H groups in total. The van der Waals surface area contributed by atoms with E-state index in [4.69, 9.17) is 4.74 Å². The maximum Gasteiger partial charge on any atom is 0.119 e. The van der Waals surface area contributed by atoms with Crippen molar-refractivity contribution >= 4 is 11.5 Å². The van der Waals surface area contributed by atoms with Gasteiger partial charge in [0.15, 0.2) is 0 Å². The first-order chi connectivity index (χ1) is 8.69. The molecule has 18 heavy (non-hydrogen) atoms. The third kappa shape index (κ3) is 3.31. The van der Waals surface area contributed by atoms with Crippen LogP contribution in [0.5, 0.6) is 5.75 Å². The molecule has 0 aliphatic rings. The molecule has 0 fully saturated rings. The van der Waals surface area contributed by atoms with E-state index in [9.17, 15) is 0 Å². The lowest BCUT2D eigenvalue weighted by atomic mass is 10.1.